The lowest BCUT2D eigenvalue weighted by molar-refractivity contribution is 0.0734. The predicted octanol–water partition coefficient (Wildman–Crippen LogP) is 5.14. The van der Waals surface area contributed by atoms with Crippen LogP contribution in [0.15, 0.2) is 72.5 Å². The van der Waals surface area contributed by atoms with Gasteiger partial charge in [0.25, 0.3) is 0 Å². The van der Waals surface area contributed by atoms with Crippen LogP contribution in [0.5, 0.6) is 11.5 Å². The van der Waals surface area contributed by atoms with Gasteiger partial charge in [-0.25, -0.2) is 4.79 Å². The van der Waals surface area contributed by atoms with E-state index < -0.39 is 5.97 Å². The van der Waals surface area contributed by atoms with Crippen LogP contribution in [0, 0.1) is 13.8 Å². The average molecular weight is 370 g/mol. The molecular formula is C24H18O4. The standard InChI is InChI=1S/C24H18O4/c1-15-7-9-17(10-8-15)24(26)27-19-11-12-20-21(14-19)28-22(23(20)25)13-18-6-4-3-5-16(18)2/h3-14H,1-2H3. The smallest absolute Gasteiger partial charge is 0.343 e. The van der Waals surface area contributed by atoms with Crippen molar-refractivity contribution in [1.29, 1.82) is 0 Å². The Morgan fingerprint density at radius 3 is 2.46 bits per heavy atom. The number of allylic oxidation sites excluding steroid dienone is 1. The van der Waals surface area contributed by atoms with E-state index in [2.05, 4.69) is 0 Å². The molecule has 0 atom stereocenters. The maximum atomic E-state index is 12.6. The Morgan fingerprint density at radius 1 is 0.964 bits per heavy atom. The van der Waals surface area contributed by atoms with Crippen molar-refractivity contribution < 1.29 is 19.1 Å². The van der Waals surface area contributed by atoms with Crippen LogP contribution in [0.2, 0.25) is 0 Å². The number of carbonyl (C=O) groups excluding carboxylic acids is 2. The summed E-state index contributed by atoms with van der Waals surface area (Å²) in [6.45, 7) is 3.92. The quantitative estimate of drug-likeness (QED) is 0.364. The van der Waals surface area contributed by atoms with Gasteiger partial charge in [-0.2, -0.15) is 0 Å². The molecule has 28 heavy (non-hydrogen) atoms. The number of aryl methyl sites for hydroxylation is 2. The molecule has 4 rings (SSSR count). The summed E-state index contributed by atoms with van der Waals surface area (Å²) in [5, 5.41) is 0. The summed E-state index contributed by atoms with van der Waals surface area (Å²) >= 11 is 0. The van der Waals surface area contributed by atoms with E-state index in [1.807, 2.05) is 50.2 Å². The highest BCUT2D eigenvalue weighted by atomic mass is 16.5. The molecule has 1 aliphatic heterocycles. The average Bonchev–Trinajstić information content (AvgIpc) is 2.99. The SMILES string of the molecule is Cc1ccc(C(=O)Oc2ccc3c(c2)OC(=Cc2ccccc2C)C3=O)cc1. The van der Waals surface area contributed by atoms with Crippen molar-refractivity contribution in [3.63, 3.8) is 0 Å². The van der Waals surface area contributed by atoms with E-state index in [9.17, 15) is 9.59 Å². The summed E-state index contributed by atoms with van der Waals surface area (Å²) in [6, 6.07) is 19.7. The molecule has 3 aromatic carbocycles. The third-order valence-electron chi connectivity index (χ3n) is 4.61. The lowest BCUT2D eigenvalue weighted by atomic mass is 10.1. The van der Waals surface area contributed by atoms with Crippen LogP contribution in [-0.4, -0.2) is 11.8 Å². The van der Waals surface area contributed by atoms with Gasteiger partial charge in [0.05, 0.1) is 11.1 Å². The van der Waals surface area contributed by atoms with Crippen LogP contribution in [0.3, 0.4) is 0 Å². The van der Waals surface area contributed by atoms with Crippen molar-refractivity contribution in [2.75, 3.05) is 0 Å². The maximum Gasteiger partial charge on any atom is 0.343 e. The molecule has 0 aromatic heterocycles. The van der Waals surface area contributed by atoms with Gasteiger partial charge in [0.1, 0.15) is 11.5 Å². The monoisotopic (exact) mass is 370 g/mol. The third-order valence-corrected chi connectivity index (χ3v) is 4.61. The number of Topliss-reactive ketones (excluding diaryl/α,β-unsaturated/α-hetero) is 1. The predicted molar refractivity (Wildman–Crippen MR) is 107 cm³/mol. The molecule has 0 N–H and O–H groups in total. The molecule has 0 saturated heterocycles. The minimum Gasteiger partial charge on any atom is -0.452 e. The Hall–Kier alpha value is -3.66. The van der Waals surface area contributed by atoms with Crippen LogP contribution in [-0.2, 0) is 0 Å². The highest BCUT2D eigenvalue weighted by Gasteiger charge is 2.28. The number of fused-ring (bicyclic) bond motifs is 1. The van der Waals surface area contributed by atoms with Crippen molar-refractivity contribution in [2.24, 2.45) is 0 Å². The van der Waals surface area contributed by atoms with Crippen LogP contribution in [0.1, 0.15) is 37.4 Å². The molecule has 0 spiro atoms. The van der Waals surface area contributed by atoms with Crippen molar-refractivity contribution in [1.82, 2.24) is 0 Å². The fraction of sp³-hybridized carbons (Fsp3) is 0.0833. The fourth-order valence-electron chi connectivity index (χ4n) is 2.98. The summed E-state index contributed by atoms with van der Waals surface area (Å²) < 4.78 is 11.2. The Balaban J connectivity index is 1.56. The van der Waals surface area contributed by atoms with Gasteiger partial charge in [-0.15, -0.1) is 0 Å². The van der Waals surface area contributed by atoms with Crippen molar-refractivity contribution in [3.05, 3.63) is 100 Å². The number of hydrogen-bond acceptors (Lipinski definition) is 4. The Labute approximate surface area is 163 Å². The second kappa shape index (κ2) is 7.16. The van der Waals surface area contributed by atoms with E-state index in [-0.39, 0.29) is 11.5 Å². The number of hydrogen-bond donors (Lipinski definition) is 0. The molecule has 0 unspecified atom stereocenters. The van der Waals surface area contributed by atoms with Crippen LogP contribution < -0.4 is 9.47 Å². The van der Waals surface area contributed by atoms with Crippen LogP contribution in [0.25, 0.3) is 6.08 Å². The van der Waals surface area contributed by atoms with E-state index in [0.717, 1.165) is 16.7 Å². The van der Waals surface area contributed by atoms with Crippen LogP contribution >= 0.6 is 0 Å². The number of benzene rings is 3. The topological polar surface area (TPSA) is 52.6 Å². The normalized spacial score (nSPS) is 13.9. The molecule has 0 amide bonds. The van der Waals surface area contributed by atoms with Gasteiger partial charge < -0.3 is 9.47 Å². The number of ether oxygens (including phenoxy) is 2. The number of ketones is 1. The van der Waals surface area contributed by atoms with Gasteiger partial charge in [0.15, 0.2) is 5.76 Å². The first-order valence-electron chi connectivity index (χ1n) is 8.94. The summed E-state index contributed by atoms with van der Waals surface area (Å²) in [5.74, 6) is 0.328. The zero-order valence-electron chi connectivity index (χ0n) is 15.6. The first kappa shape index (κ1) is 17.7. The fourth-order valence-corrected chi connectivity index (χ4v) is 2.98. The molecule has 0 fully saturated rings. The van der Waals surface area contributed by atoms with Gasteiger partial charge in [-0.05, 0) is 55.3 Å². The zero-order chi connectivity index (χ0) is 19.7. The number of rotatable bonds is 3. The summed E-state index contributed by atoms with van der Waals surface area (Å²) in [6.07, 6.45) is 1.73. The maximum absolute atomic E-state index is 12.6. The lowest BCUT2D eigenvalue weighted by Gasteiger charge is -2.06. The molecule has 0 aliphatic carbocycles. The first-order chi connectivity index (χ1) is 13.5. The zero-order valence-corrected chi connectivity index (χ0v) is 15.6. The molecule has 3 aromatic rings. The Kier molecular flexibility index (Phi) is 4.53. The molecule has 138 valence electrons. The molecule has 1 heterocycles. The van der Waals surface area contributed by atoms with E-state index in [1.54, 1.807) is 36.4 Å². The van der Waals surface area contributed by atoms with Gasteiger partial charge in [-0.1, -0.05) is 42.0 Å². The van der Waals surface area contributed by atoms with Gasteiger partial charge in [0, 0.05) is 6.07 Å². The molecule has 4 nitrogen and oxygen atoms in total. The molecule has 1 aliphatic rings. The molecule has 4 heteroatoms. The van der Waals surface area contributed by atoms with Crippen molar-refractivity contribution in [3.8, 4) is 11.5 Å². The van der Waals surface area contributed by atoms with Crippen molar-refractivity contribution >= 4 is 17.8 Å². The summed E-state index contributed by atoms with van der Waals surface area (Å²) in [7, 11) is 0. The van der Waals surface area contributed by atoms with E-state index in [1.165, 1.54) is 0 Å². The minimum atomic E-state index is -0.458. The summed E-state index contributed by atoms with van der Waals surface area (Å²) in [5.41, 5.74) is 3.95. The van der Waals surface area contributed by atoms with Gasteiger partial charge in [0.2, 0.25) is 5.78 Å². The second-order valence-corrected chi connectivity index (χ2v) is 6.71. The van der Waals surface area contributed by atoms with E-state index >= 15 is 0 Å². The lowest BCUT2D eigenvalue weighted by Crippen LogP contribution is -2.08. The number of esters is 1. The first-order valence-corrected chi connectivity index (χ1v) is 8.94. The summed E-state index contributed by atoms with van der Waals surface area (Å²) in [4.78, 5) is 24.9. The highest BCUT2D eigenvalue weighted by molar-refractivity contribution is 6.14. The van der Waals surface area contributed by atoms with Gasteiger partial charge >= 0.3 is 5.97 Å². The Bertz CT molecular complexity index is 1110. The molecular weight excluding hydrogens is 352 g/mol. The number of carbonyl (C=O) groups is 2. The minimum absolute atomic E-state index is 0.185. The largest absolute Gasteiger partial charge is 0.452 e. The van der Waals surface area contributed by atoms with E-state index in [0.29, 0.717) is 22.6 Å². The molecule has 0 saturated carbocycles. The second-order valence-electron chi connectivity index (χ2n) is 6.71. The highest BCUT2D eigenvalue weighted by Crippen LogP contribution is 2.35. The third kappa shape index (κ3) is 3.45. The molecule has 0 radical (unpaired) electrons. The Morgan fingerprint density at radius 2 is 1.71 bits per heavy atom. The van der Waals surface area contributed by atoms with Crippen LogP contribution in [0.4, 0.5) is 0 Å². The van der Waals surface area contributed by atoms with Crippen molar-refractivity contribution in [2.45, 2.75) is 13.8 Å². The van der Waals surface area contributed by atoms with E-state index in [4.69, 9.17) is 9.47 Å². The molecule has 0 bridgehead atoms. The van der Waals surface area contributed by atoms with Gasteiger partial charge in [-0.3, -0.25) is 4.79 Å².